The summed E-state index contributed by atoms with van der Waals surface area (Å²) in [5, 5.41) is 38.2. The highest BCUT2D eigenvalue weighted by molar-refractivity contribution is 5.73. The molecule has 4 fully saturated rings. The Morgan fingerprint density at radius 3 is 2.33 bits per heavy atom. The fraction of sp³-hybridized carbons (Fsp3) is 0.833. The van der Waals surface area contributed by atoms with Gasteiger partial charge in [-0.15, -0.1) is 0 Å². The molecule has 308 valence electrons. The molecule has 14 atom stereocenters. The molecule has 0 aliphatic carbocycles. The Balaban J connectivity index is 1.54. The van der Waals surface area contributed by atoms with E-state index in [0.29, 0.717) is 38.6 Å². The zero-order valence-electron chi connectivity index (χ0n) is 34.6. The van der Waals surface area contributed by atoms with E-state index in [0.717, 1.165) is 26.1 Å². The lowest BCUT2D eigenvalue weighted by molar-refractivity contribution is -0.332. The summed E-state index contributed by atoms with van der Waals surface area (Å²) in [6.07, 6.45) is -1.84. The van der Waals surface area contributed by atoms with Crippen LogP contribution in [0, 0.1) is 17.8 Å². The number of likely N-dealkylation sites (tertiary alicyclic amines) is 1. The number of rotatable bonds is 7. The van der Waals surface area contributed by atoms with Crippen LogP contribution in [0.25, 0.3) is 0 Å². The highest BCUT2D eigenvalue weighted by Crippen LogP contribution is 2.47. The molecule has 0 radical (unpaired) electrons. The van der Waals surface area contributed by atoms with Gasteiger partial charge in [0.15, 0.2) is 12.1 Å². The Kier molecular flexibility index (Phi) is 14.3. The number of aliphatic hydroxyl groups excluding tert-OH is 2. The summed E-state index contributed by atoms with van der Waals surface area (Å²) in [4.78, 5) is 18.7. The van der Waals surface area contributed by atoms with Crippen LogP contribution >= 0.6 is 0 Å². The second-order valence-corrected chi connectivity index (χ2v) is 17.8. The number of nitrogens with zero attached hydrogens (tertiary/aromatic N) is 2. The molecular weight excluding hydrogens is 690 g/mol. The zero-order valence-corrected chi connectivity index (χ0v) is 34.6. The zero-order chi connectivity index (χ0) is 39.6. The SMILES string of the molecule is CC[C@H]1OC(=O)[C@H](C)[C@H]2OC3(CCN(CCc4ccccc4)CC3)O[C@](C)(C[C@@H](C)CN[C@H](C)[C@@H](O)[C@]1(C)O)[C@H](O[C@@H]1O[C@H](C)C[C@H](N(C)C)[C@H]1O)[C@H]2C. The van der Waals surface area contributed by atoms with Crippen LogP contribution in [0.4, 0.5) is 0 Å². The first kappa shape index (κ1) is 43.4. The van der Waals surface area contributed by atoms with Crippen LogP contribution in [0.3, 0.4) is 0 Å². The summed E-state index contributed by atoms with van der Waals surface area (Å²) in [6.45, 7) is 18.2. The Morgan fingerprint density at radius 2 is 1.70 bits per heavy atom. The largest absolute Gasteiger partial charge is 0.459 e. The van der Waals surface area contributed by atoms with Crippen molar-refractivity contribution in [3.63, 3.8) is 0 Å². The number of hydrogen-bond acceptors (Lipinski definition) is 12. The van der Waals surface area contributed by atoms with Crippen LogP contribution in [0.15, 0.2) is 30.3 Å². The molecule has 4 N–H and O–H groups in total. The number of ether oxygens (including phenoxy) is 5. The molecule has 0 aromatic heterocycles. The lowest BCUT2D eigenvalue weighted by Gasteiger charge is -2.49. The van der Waals surface area contributed by atoms with E-state index in [9.17, 15) is 20.1 Å². The first-order valence-electron chi connectivity index (χ1n) is 20.5. The van der Waals surface area contributed by atoms with Crippen molar-refractivity contribution in [3.8, 4) is 0 Å². The van der Waals surface area contributed by atoms with Crippen molar-refractivity contribution in [2.24, 2.45) is 17.8 Å². The molecule has 12 heteroatoms. The van der Waals surface area contributed by atoms with Gasteiger partial charge in [-0.05, 0) is 92.4 Å². The first-order chi connectivity index (χ1) is 25.4. The fourth-order valence-electron chi connectivity index (χ4n) is 9.60. The molecule has 5 rings (SSSR count). The number of likely N-dealkylation sites (N-methyl/N-ethyl adjacent to an activating group) is 1. The monoisotopic (exact) mass is 762 g/mol. The lowest BCUT2D eigenvalue weighted by Crippen LogP contribution is -2.60. The van der Waals surface area contributed by atoms with Gasteiger partial charge >= 0.3 is 5.97 Å². The van der Waals surface area contributed by atoms with E-state index in [1.807, 2.05) is 59.7 Å². The van der Waals surface area contributed by atoms with Gasteiger partial charge in [-0.3, -0.25) is 4.79 Å². The molecule has 4 saturated heterocycles. The lowest BCUT2D eigenvalue weighted by atomic mass is 9.78. The number of aliphatic hydroxyl groups is 3. The maximum absolute atomic E-state index is 14.3. The summed E-state index contributed by atoms with van der Waals surface area (Å²) in [6, 6.07) is 9.84. The van der Waals surface area contributed by atoms with Crippen molar-refractivity contribution in [1.82, 2.24) is 15.1 Å². The molecule has 2 bridgehead atoms. The minimum absolute atomic E-state index is 0.0283. The van der Waals surface area contributed by atoms with Gasteiger partial charge in [0, 0.05) is 50.5 Å². The van der Waals surface area contributed by atoms with E-state index in [1.54, 1.807) is 0 Å². The van der Waals surface area contributed by atoms with Crippen molar-refractivity contribution < 1.29 is 43.8 Å². The van der Waals surface area contributed by atoms with Gasteiger partial charge in [-0.2, -0.15) is 0 Å². The number of carbonyl (C=O) groups is 1. The average molecular weight is 762 g/mol. The van der Waals surface area contributed by atoms with Crippen molar-refractivity contribution in [1.29, 1.82) is 0 Å². The number of hydrogen-bond donors (Lipinski definition) is 4. The van der Waals surface area contributed by atoms with Crippen LogP contribution in [0.5, 0.6) is 0 Å². The molecule has 4 aliphatic rings. The topological polar surface area (TPSA) is 142 Å². The summed E-state index contributed by atoms with van der Waals surface area (Å²) in [7, 11) is 3.91. The Morgan fingerprint density at radius 1 is 1.04 bits per heavy atom. The fourth-order valence-corrected chi connectivity index (χ4v) is 9.60. The van der Waals surface area contributed by atoms with Crippen molar-refractivity contribution in [2.75, 3.05) is 40.3 Å². The summed E-state index contributed by atoms with van der Waals surface area (Å²) < 4.78 is 34.1. The maximum Gasteiger partial charge on any atom is 0.311 e. The number of benzene rings is 1. The van der Waals surface area contributed by atoms with E-state index in [1.165, 1.54) is 12.5 Å². The first-order valence-corrected chi connectivity index (χ1v) is 20.5. The normalized spacial score (nSPS) is 43.0. The highest BCUT2D eigenvalue weighted by Gasteiger charge is 2.58. The molecule has 1 aromatic carbocycles. The van der Waals surface area contributed by atoms with Gasteiger partial charge in [0.2, 0.25) is 0 Å². The van der Waals surface area contributed by atoms with Crippen LogP contribution < -0.4 is 5.32 Å². The molecular formula is C42H71N3O9. The van der Waals surface area contributed by atoms with Gasteiger partial charge in [-0.25, -0.2) is 0 Å². The Labute approximate surface area is 324 Å². The molecule has 0 amide bonds. The quantitative estimate of drug-likeness (QED) is 0.301. The summed E-state index contributed by atoms with van der Waals surface area (Å²) in [5.74, 6) is -2.70. The smallest absolute Gasteiger partial charge is 0.311 e. The minimum Gasteiger partial charge on any atom is -0.459 e. The second-order valence-electron chi connectivity index (χ2n) is 17.8. The van der Waals surface area contributed by atoms with E-state index >= 15 is 0 Å². The predicted molar refractivity (Wildman–Crippen MR) is 207 cm³/mol. The molecule has 54 heavy (non-hydrogen) atoms. The van der Waals surface area contributed by atoms with E-state index < -0.39 is 77.6 Å². The average Bonchev–Trinajstić information content (AvgIpc) is 3.21. The van der Waals surface area contributed by atoms with Crippen LogP contribution in [-0.4, -0.2) is 143 Å². The van der Waals surface area contributed by atoms with Gasteiger partial charge in [-0.1, -0.05) is 51.1 Å². The summed E-state index contributed by atoms with van der Waals surface area (Å²) in [5.41, 5.74) is -1.35. The third-order valence-corrected chi connectivity index (χ3v) is 12.9. The standard InChI is InChI=1S/C42H71N3O9/c1-11-33-41(8,49)36(47)30(6)43-25-26(2)24-40(7)37(52-39-34(46)32(44(9)10)23-27(3)50-39)28(4)35(29(5)38(48)51-33)53-42(54-40)18-21-45(22-19-42)20-17-31-15-13-12-14-16-31/h12-16,26-30,32-37,39,43,46-47,49H,11,17-25H2,1-10H3/t26-,27-,28+,29-,30-,32+,33-,34-,35+,36-,37-,39+,40-,41-/m1/s1. The van der Waals surface area contributed by atoms with Crippen molar-refractivity contribution in [3.05, 3.63) is 35.9 Å². The van der Waals surface area contributed by atoms with E-state index in [2.05, 4.69) is 48.3 Å². The van der Waals surface area contributed by atoms with Crippen molar-refractivity contribution in [2.45, 2.75) is 166 Å². The van der Waals surface area contributed by atoms with Crippen LogP contribution in [0.1, 0.15) is 93.1 Å². The van der Waals surface area contributed by atoms with Crippen molar-refractivity contribution >= 4 is 5.97 Å². The molecule has 4 heterocycles. The number of nitrogens with one attached hydrogen (secondary N) is 1. The van der Waals surface area contributed by atoms with Crippen LogP contribution in [0.2, 0.25) is 0 Å². The van der Waals surface area contributed by atoms with Gasteiger partial charge in [0.05, 0.1) is 29.8 Å². The van der Waals surface area contributed by atoms with Gasteiger partial charge < -0.3 is 54.1 Å². The third-order valence-electron chi connectivity index (χ3n) is 12.9. The molecule has 1 aromatic rings. The van der Waals surface area contributed by atoms with E-state index in [-0.39, 0.29) is 18.1 Å². The van der Waals surface area contributed by atoms with E-state index in [4.69, 9.17) is 23.7 Å². The van der Waals surface area contributed by atoms with Gasteiger partial charge in [0.1, 0.15) is 23.9 Å². The molecule has 1 spiro atoms. The number of esters is 1. The predicted octanol–water partition coefficient (Wildman–Crippen LogP) is 3.73. The highest BCUT2D eigenvalue weighted by atomic mass is 16.7. The molecule has 4 aliphatic heterocycles. The van der Waals surface area contributed by atoms with Crippen LogP contribution in [-0.2, 0) is 34.9 Å². The minimum atomic E-state index is -1.70. The molecule has 0 saturated carbocycles. The number of carbonyl (C=O) groups excluding carboxylic acids is 1. The molecule has 12 nitrogen and oxygen atoms in total. The summed E-state index contributed by atoms with van der Waals surface area (Å²) >= 11 is 0. The Bertz CT molecular complexity index is 1340. The second kappa shape index (κ2) is 17.8. The molecule has 0 unspecified atom stereocenters. The third kappa shape index (κ3) is 9.69. The number of cyclic esters (lactones) is 1. The van der Waals surface area contributed by atoms with Gasteiger partial charge in [0.25, 0.3) is 0 Å². The maximum atomic E-state index is 14.3. The number of piperidine rings is 1. The number of fused-ring (bicyclic) bond motifs is 3. The Hall–Kier alpha value is -1.71.